The number of nitrogens with one attached hydrogen (secondary N) is 1. The number of amides is 1. The van der Waals surface area contributed by atoms with Crippen molar-refractivity contribution in [1.29, 1.82) is 0 Å². The minimum absolute atomic E-state index is 0.0722. The highest BCUT2D eigenvalue weighted by Gasteiger charge is 2.85. The fourth-order valence-corrected chi connectivity index (χ4v) is 13.0. The van der Waals surface area contributed by atoms with Gasteiger partial charge >= 0.3 is 6.09 Å². The maximum atomic E-state index is 13.1. The summed E-state index contributed by atoms with van der Waals surface area (Å²) in [5.41, 5.74) is 5.57. The van der Waals surface area contributed by atoms with Crippen molar-refractivity contribution in [3.63, 3.8) is 0 Å². The first kappa shape index (κ1) is 34.3. The van der Waals surface area contributed by atoms with E-state index in [4.69, 9.17) is 19.9 Å². The molecule has 12 atom stereocenters. The Kier molecular flexibility index (Phi) is 8.00. The first-order chi connectivity index (χ1) is 21.9. The van der Waals surface area contributed by atoms with Crippen LogP contribution in [0.3, 0.4) is 0 Å². The molecule has 2 saturated heterocycles. The van der Waals surface area contributed by atoms with Crippen LogP contribution >= 0.6 is 0 Å². The zero-order valence-electron chi connectivity index (χ0n) is 29.3. The van der Waals surface area contributed by atoms with E-state index in [0.717, 1.165) is 57.8 Å². The Hall–Kier alpha value is -1.11. The number of likely N-dealkylation sites (tertiary alicyclic amines) is 1. The molecule has 5 saturated carbocycles. The third kappa shape index (κ3) is 4.82. The van der Waals surface area contributed by atoms with Crippen LogP contribution in [0.2, 0.25) is 0 Å². The molecule has 2 spiro atoms. The highest BCUT2D eigenvalue weighted by Crippen LogP contribution is 2.87. The van der Waals surface area contributed by atoms with Crippen molar-refractivity contribution < 1.29 is 38.0 Å². The lowest BCUT2D eigenvalue weighted by atomic mass is 9.44. The Morgan fingerprint density at radius 3 is 2.40 bits per heavy atom. The van der Waals surface area contributed by atoms with Crippen LogP contribution in [0, 0.1) is 39.4 Å². The van der Waals surface area contributed by atoms with E-state index < -0.39 is 35.4 Å². The summed E-state index contributed by atoms with van der Waals surface area (Å²) in [7, 11) is 0. The van der Waals surface area contributed by atoms with Gasteiger partial charge in [0.1, 0.15) is 12.2 Å². The number of alkyl halides is 2. The van der Waals surface area contributed by atoms with Crippen molar-refractivity contribution >= 4 is 6.09 Å². The summed E-state index contributed by atoms with van der Waals surface area (Å²) in [6.45, 7) is 12.9. The lowest BCUT2D eigenvalue weighted by molar-refractivity contribution is -0.204. The topological polar surface area (TPSA) is 127 Å². The first-order valence-corrected chi connectivity index (χ1v) is 18.4. The van der Waals surface area contributed by atoms with E-state index in [9.17, 15) is 23.8 Å². The van der Waals surface area contributed by atoms with Gasteiger partial charge in [-0.15, -0.1) is 0 Å². The van der Waals surface area contributed by atoms with Crippen molar-refractivity contribution in [3.05, 3.63) is 0 Å². The van der Waals surface area contributed by atoms with E-state index in [1.165, 1.54) is 0 Å². The van der Waals surface area contributed by atoms with Gasteiger partial charge in [0.05, 0.1) is 42.5 Å². The molecule has 9 nitrogen and oxygen atoms in total. The fourth-order valence-electron chi connectivity index (χ4n) is 13.0. The maximum Gasteiger partial charge on any atom is 0.407 e. The number of ether oxygens (including phenoxy) is 3. The second-order valence-corrected chi connectivity index (χ2v) is 18.1. The molecule has 2 aliphatic heterocycles. The average molecular weight is 668 g/mol. The molecular weight excluding hydrogens is 608 g/mol. The molecule has 268 valence electrons. The predicted octanol–water partition coefficient (Wildman–Crippen LogP) is 4.47. The minimum atomic E-state index is -2.61. The largest absolute Gasteiger partial charge is 0.446 e. The molecule has 7 aliphatic rings. The number of aliphatic hydroxyl groups excluding tert-OH is 1. The van der Waals surface area contributed by atoms with Gasteiger partial charge in [0.25, 0.3) is 5.92 Å². The number of hydrogen-bond acceptors (Lipinski definition) is 8. The van der Waals surface area contributed by atoms with Gasteiger partial charge in [0.15, 0.2) is 0 Å². The summed E-state index contributed by atoms with van der Waals surface area (Å²) in [5, 5.41) is 26.0. The Labute approximate surface area is 279 Å². The third-order valence-electron chi connectivity index (χ3n) is 15.2. The van der Waals surface area contributed by atoms with Crippen LogP contribution in [0.5, 0.6) is 0 Å². The van der Waals surface area contributed by atoms with E-state index >= 15 is 0 Å². The Bertz CT molecular complexity index is 1240. The molecule has 7 rings (SSSR count). The molecule has 0 radical (unpaired) electrons. The van der Waals surface area contributed by atoms with Gasteiger partial charge in [-0.05, 0) is 113 Å². The molecule has 5 N–H and O–H groups in total. The smallest absolute Gasteiger partial charge is 0.407 e. The Morgan fingerprint density at radius 1 is 1.06 bits per heavy atom. The van der Waals surface area contributed by atoms with Crippen molar-refractivity contribution in [2.45, 2.75) is 147 Å². The first-order valence-electron chi connectivity index (χ1n) is 18.4. The number of carbonyl (C=O) groups excluding carboxylic acids is 1. The molecule has 7 fully saturated rings. The summed E-state index contributed by atoms with van der Waals surface area (Å²) < 4.78 is 45.1. The van der Waals surface area contributed by atoms with E-state index in [2.05, 4.69) is 26.1 Å². The van der Waals surface area contributed by atoms with E-state index in [1.807, 2.05) is 6.92 Å². The summed E-state index contributed by atoms with van der Waals surface area (Å²) in [5.74, 6) is -1.88. The van der Waals surface area contributed by atoms with Gasteiger partial charge in [0, 0.05) is 25.1 Å². The van der Waals surface area contributed by atoms with E-state index in [-0.39, 0.29) is 71.4 Å². The number of carbonyl (C=O) groups is 1. The van der Waals surface area contributed by atoms with Gasteiger partial charge in [0.2, 0.25) is 0 Å². The Balaban J connectivity index is 1.05. The second kappa shape index (κ2) is 10.9. The quantitative estimate of drug-likeness (QED) is 0.299. The van der Waals surface area contributed by atoms with Gasteiger partial charge < -0.3 is 35.5 Å². The lowest BCUT2D eigenvalue weighted by Gasteiger charge is -2.63. The van der Waals surface area contributed by atoms with Gasteiger partial charge in [-0.2, -0.15) is 0 Å². The molecule has 1 amide bonds. The van der Waals surface area contributed by atoms with Crippen molar-refractivity contribution in [3.8, 4) is 0 Å². The molecule has 0 aromatic heterocycles. The van der Waals surface area contributed by atoms with Crippen LogP contribution < -0.4 is 11.1 Å². The monoisotopic (exact) mass is 667 g/mol. The highest BCUT2D eigenvalue weighted by atomic mass is 19.3. The van der Waals surface area contributed by atoms with Crippen molar-refractivity contribution in [2.75, 3.05) is 32.8 Å². The van der Waals surface area contributed by atoms with E-state index in [1.54, 1.807) is 18.7 Å². The van der Waals surface area contributed by atoms with Gasteiger partial charge in [-0.3, -0.25) is 4.90 Å². The molecule has 47 heavy (non-hydrogen) atoms. The number of fused-ring (bicyclic) bond motifs is 4. The predicted molar refractivity (Wildman–Crippen MR) is 172 cm³/mol. The number of nitrogens with zero attached hydrogens (tertiary/aromatic N) is 1. The normalized spacial score (nSPS) is 48.4. The van der Waals surface area contributed by atoms with Crippen LogP contribution in [0.15, 0.2) is 0 Å². The molecule has 2 heterocycles. The van der Waals surface area contributed by atoms with E-state index in [0.29, 0.717) is 19.1 Å². The molecular formula is C36H59F2N3O6. The number of hydrogen-bond donors (Lipinski definition) is 4. The van der Waals surface area contributed by atoms with Crippen LogP contribution in [0.1, 0.15) is 99.3 Å². The summed E-state index contributed by atoms with van der Waals surface area (Å²) in [4.78, 5) is 14.5. The summed E-state index contributed by atoms with van der Waals surface area (Å²) in [6.07, 6.45) is 5.89. The molecule has 0 aromatic carbocycles. The zero-order chi connectivity index (χ0) is 34.0. The summed E-state index contributed by atoms with van der Waals surface area (Å²) in [6, 6.07) is 0. The lowest BCUT2D eigenvalue weighted by Crippen LogP contribution is -2.70. The van der Waals surface area contributed by atoms with Crippen molar-refractivity contribution in [1.82, 2.24) is 10.2 Å². The van der Waals surface area contributed by atoms with Crippen LogP contribution in [0.4, 0.5) is 13.6 Å². The van der Waals surface area contributed by atoms with Crippen molar-refractivity contribution in [2.24, 2.45) is 45.1 Å². The number of halogens is 2. The molecule has 3 unspecified atom stereocenters. The maximum absolute atomic E-state index is 13.1. The standard InChI is InChI=1S/C36H59F2N3O6/c1-7-45-28(31(4,5)44)22-9-8-21-26(46-22)27(42)36(39)24-11-10-23-30(2,3)25(47-29(43)40-16-17-41-19-35(37,38)20-41)12-13-33(23)18-34(24,33)15-14-32(21,36)6/h21-28,42,44H,7-20,39H2,1-6H3,(H,40,43)/t21-,22?,23-,24?,25-,26?,27-,28-,32+,33+,34-,36-/m0/s1. The molecule has 0 aromatic rings. The minimum Gasteiger partial charge on any atom is -0.446 e. The SMILES string of the molecule is CCO[C@@H](C1CC[C@H]2C(O1)[C@H](O)[C@@]1(N)C3CC[C@H]4C(C)(C)[C@@H](OC(=O)NCCN5CC(F)(F)C5)CC[C@@]45C[C@@]35CC[C@]21C)C(C)(C)O. The third-order valence-corrected chi connectivity index (χ3v) is 15.2. The number of alkyl carbamates (subject to hydrolysis) is 1. The second-order valence-electron chi connectivity index (χ2n) is 18.1. The van der Waals surface area contributed by atoms with Crippen LogP contribution in [-0.4, -0.2) is 102 Å². The number of nitrogens with two attached hydrogens (primary N) is 1. The van der Waals surface area contributed by atoms with Crippen LogP contribution in [0.25, 0.3) is 0 Å². The van der Waals surface area contributed by atoms with Gasteiger partial charge in [-0.25, -0.2) is 13.6 Å². The molecule has 11 heteroatoms. The van der Waals surface area contributed by atoms with Gasteiger partial charge in [-0.1, -0.05) is 20.8 Å². The molecule has 0 bridgehead atoms. The number of aliphatic hydroxyl groups is 2. The highest BCUT2D eigenvalue weighted by molar-refractivity contribution is 5.67. The zero-order valence-corrected chi connectivity index (χ0v) is 29.3. The summed E-state index contributed by atoms with van der Waals surface area (Å²) >= 11 is 0. The average Bonchev–Trinajstić information content (AvgIpc) is 3.61. The van der Waals surface area contributed by atoms with Crippen LogP contribution in [-0.2, 0) is 14.2 Å². The fraction of sp³-hybridized carbons (Fsp3) is 0.972. The molecule has 5 aliphatic carbocycles. The Morgan fingerprint density at radius 2 is 1.74 bits per heavy atom. The number of rotatable bonds is 8.